The van der Waals surface area contributed by atoms with Crippen molar-refractivity contribution in [3.8, 4) is 6.07 Å². The van der Waals surface area contributed by atoms with E-state index in [2.05, 4.69) is 44.9 Å². The lowest BCUT2D eigenvalue weighted by atomic mass is 9.92. The van der Waals surface area contributed by atoms with Crippen LogP contribution >= 0.6 is 23.2 Å². The Balaban J connectivity index is 1.25. The van der Waals surface area contributed by atoms with E-state index in [0.717, 1.165) is 81.1 Å². The van der Waals surface area contributed by atoms with Crippen LogP contribution < -0.4 is 4.90 Å². The summed E-state index contributed by atoms with van der Waals surface area (Å²) >= 11 is 12.6. The van der Waals surface area contributed by atoms with Crippen molar-refractivity contribution in [2.45, 2.75) is 37.1 Å². The van der Waals surface area contributed by atoms with E-state index in [9.17, 15) is 5.26 Å². The first-order chi connectivity index (χ1) is 17.5. The number of imidazole rings is 1. The summed E-state index contributed by atoms with van der Waals surface area (Å²) < 4.78 is 0. The number of benzene rings is 2. The summed E-state index contributed by atoms with van der Waals surface area (Å²) in [7, 11) is 2.20. The Morgan fingerprint density at radius 3 is 2.75 bits per heavy atom. The van der Waals surface area contributed by atoms with Crippen LogP contribution in [0.3, 0.4) is 0 Å². The summed E-state index contributed by atoms with van der Waals surface area (Å²) in [5, 5.41) is 10.5. The second-order valence-corrected chi connectivity index (χ2v) is 11.6. The molecule has 3 aromatic rings. The molecule has 3 atom stereocenters. The maximum absolute atomic E-state index is 9.42. The normalized spacial score (nSPS) is 26.2. The molecule has 188 valence electrons. The van der Waals surface area contributed by atoms with Gasteiger partial charge in [0.05, 0.1) is 32.7 Å². The molecule has 1 saturated heterocycles. The van der Waals surface area contributed by atoms with Crippen LogP contribution in [0.4, 0.5) is 5.95 Å². The Hall–Kier alpha value is -2.30. The highest BCUT2D eigenvalue weighted by Gasteiger charge is 2.63. The number of aromatic amines is 1. The van der Waals surface area contributed by atoms with Crippen molar-refractivity contribution in [1.29, 1.82) is 5.26 Å². The van der Waals surface area contributed by atoms with Gasteiger partial charge in [-0.3, -0.25) is 0 Å². The highest BCUT2D eigenvalue weighted by molar-refractivity contribution is 6.42. The van der Waals surface area contributed by atoms with Gasteiger partial charge in [-0.05, 0) is 75.0 Å². The molecule has 3 fully saturated rings. The molecule has 0 bridgehead atoms. The zero-order valence-corrected chi connectivity index (χ0v) is 22.2. The maximum atomic E-state index is 9.42. The monoisotopic (exact) mass is 522 g/mol. The Morgan fingerprint density at radius 1 is 1.17 bits per heavy atom. The van der Waals surface area contributed by atoms with Gasteiger partial charge in [0.15, 0.2) is 0 Å². The third-order valence-corrected chi connectivity index (χ3v) is 9.43. The Kier molecular flexibility index (Phi) is 6.37. The number of hydrogen-bond acceptors (Lipinski definition) is 5. The molecule has 3 aliphatic rings. The number of likely N-dealkylation sites (N-methyl/N-ethyl adjacent to an activating group) is 1. The topological polar surface area (TPSA) is 62.2 Å². The third kappa shape index (κ3) is 4.37. The first-order valence-corrected chi connectivity index (χ1v) is 13.8. The second kappa shape index (κ2) is 9.54. The maximum Gasteiger partial charge on any atom is 0.204 e. The molecular weight excluding hydrogens is 491 g/mol. The first kappa shape index (κ1) is 24.1. The van der Waals surface area contributed by atoms with Gasteiger partial charge in [-0.2, -0.15) is 5.26 Å². The molecule has 2 aliphatic carbocycles. The summed E-state index contributed by atoms with van der Waals surface area (Å²) in [5.74, 6) is 1.50. The van der Waals surface area contributed by atoms with E-state index in [1.807, 2.05) is 24.3 Å². The van der Waals surface area contributed by atoms with Crippen molar-refractivity contribution in [2.75, 3.05) is 51.2 Å². The van der Waals surface area contributed by atoms with Crippen molar-refractivity contribution < 1.29 is 0 Å². The predicted molar refractivity (Wildman–Crippen MR) is 146 cm³/mol. The van der Waals surface area contributed by atoms with Crippen LogP contribution in [0.1, 0.15) is 36.8 Å². The zero-order chi connectivity index (χ0) is 24.9. The van der Waals surface area contributed by atoms with Gasteiger partial charge in [0.2, 0.25) is 5.95 Å². The number of nitriles is 1. The van der Waals surface area contributed by atoms with Crippen LogP contribution in [-0.4, -0.2) is 72.1 Å². The first-order valence-electron chi connectivity index (χ1n) is 13.0. The van der Waals surface area contributed by atoms with Gasteiger partial charge in [0.1, 0.15) is 0 Å². The van der Waals surface area contributed by atoms with Crippen LogP contribution in [-0.2, 0) is 5.41 Å². The number of rotatable bonds is 7. The molecule has 1 aliphatic heterocycles. The standard InChI is InChI=1S/C28H32Cl2N6/c1-34-10-12-35(13-11-34)8-3-9-36(27-32-24-15-22(29)23(30)16-25(24)33-27)26-6-7-28(17-21(26)28)20-5-2-4-19(14-20)18-31/h2,4-5,14-16,21,26H,3,6-13,17H2,1H3,(H,32,33)/t21?,26-,28-/m1/s1. The van der Waals surface area contributed by atoms with Crippen LogP contribution in [0.25, 0.3) is 11.0 Å². The largest absolute Gasteiger partial charge is 0.339 e. The molecule has 0 spiro atoms. The molecule has 36 heavy (non-hydrogen) atoms. The van der Waals surface area contributed by atoms with E-state index in [1.165, 1.54) is 12.0 Å². The SMILES string of the molecule is CN1CCN(CCCN(c2nc3cc(Cl)c(Cl)cc3[nH]2)[C@@H]2CC[C@]3(c4cccc(C#N)c4)CC23)CC1. The Bertz CT molecular complexity index is 1270. The van der Waals surface area contributed by atoms with Crippen LogP contribution in [0.5, 0.6) is 0 Å². The Labute approximate surface area is 222 Å². The molecule has 8 heteroatoms. The molecule has 1 N–H and O–H groups in total. The quantitative estimate of drug-likeness (QED) is 0.455. The molecule has 2 heterocycles. The molecule has 1 unspecified atom stereocenters. The fourth-order valence-electron chi connectivity index (χ4n) is 6.57. The number of piperazine rings is 1. The molecule has 6 nitrogen and oxygen atoms in total. The predicted octanol–water partition coefficient (Wildman–Crippen LogP) is 5.31. The number of halogens is 2. The van der Waals surface area contributed by atoms with Crippen LogP contribution in [0, 0.1) is 17.2 Å². The van der Waals surface area contributed by atoms with Crippen molar-refractivity contribution >= 4 is 40.2 Å². The van der Waals surface area contributed by atoms with Crippen molar-refractivity contribution in [1.82, 2.24) is 19.8 Å². The van der Waals surface area contributed by atoms with Gasteiger partial charge in [-0.15, -0.1) is 0 Å². The van der Waals surface area contributed by atoms with E-state index in [0.29, 0.717) is 22.0 Å². The summed E-state index contributed by atoms with van der Waals surface area (Å²) in [4.78, 5) is 16.0. The fourth-order valence-corrected chi connectivity index (χ4v) is 6.89. The number of aromatic nitrogens is 2. The number of anilines is 1. The number of hydrogen-bond donors (Lipinski definition) is 1. The van der Waals surface area contributed by atoms with Crippen LogP contribution in [0.15, 0.2) is 36.4 Å². The van der Waals surface area contributed by atoms with Gasteiger partial charge >= 0.3 is 0 Å². The summed E-state index contributed by atoms with van der Waals surface area (Å²) in [6.45, 7) is 6.64. The molecular formula is C28H32Cl2N6. The van der Waals surface area contributed by atoms with E-state index >= 15 is 0 Å². The van der Waals surface area contributed by atoms with Crippen LogP contribution in [0.2, 0.25) is 10.0 Å². The van der Waals surface area contributed by atoms with Crippen molar-refractivity contribution in [3.63, 3.8) is 0 Å². The molecule has 2 aromatic carbocycles. The van der Waals surface area contributed by atoms with E-state index in [1.54, 1.807) is 0 Å². The number of H-pyrrole nitrogens is 1. The number of fused-ring (bicyclic) bond motifs is 2. The van der Waals surface area contributed by atoms with Gasteiger partial charge in [-0.25, -0.2) is 4.98 Å². The summed E-state index contributed by atoms with van der Waals surface area (Å²) in [5.41, 5.74) is 4.06. The van der Waals surface area contributed by atoms with Crippen molar-refractivity contribution in [2.24, 2.45) is 5.92 Å². The smallest absolute Gasteiger partial charge is 0.204 e. The highest BCUT2D eigenvalue weighted by atomic mass is 35.5. The fraction of sp³-hybridized carbons (Fsp3) is 0.500. The third-order valence-electron chi connectivity index (χ3n) is 8.70. The lowest BCUT2D eigenvalue weighted by Gasteiger charge is -2.34. The van der Waals surface area contributed by atoms with Gasteiger partial charge in [-0.1, -0.05) is 35.3 Å². The van der Waals surface area contributed by atoms with E-state index in [4.69, 9.17) is 28.2 Å². The lowest BCUT2D eigenvalue weighted by molar-refractivity contribution is 0.153. The molecule has 0 amide bonds. The minimum atomic E-state index is 0.200. The van der Waals surface area contributed by atoms with E-state index in [-0.39, 0.29) is 5.41 Å². The average Bonchev–Trinajstić information content (AvgIpc) is 3.31. The summed E-state index contributed by atoms with van der Waals surface area (Å²) in [6, 6.07) is 14.7. The minimum absolute atomic E-state index is 0.200. The second-order valence-electron chi connectivity index (χ2n) is 10.8. The van der Waals surface area contributed by atoms with Gasteiger partial charge in [0, 0.05) is 44.2 Å². The minimum Gasteiger partial charge on any atom is -0.339 e. The Morgan fingerprint density at radius 2 is 1.97 bits per heavy atom. The molecule has 2 saturated carbocycles. The highest BCUT2D eigenvalue weighted by Crippen LogP contribution is 2.65. The van der Waals surface area contributed by atoms with Crippen molar-refractivity contribution in [3.05, 3.63) is 57.6 Å². The number of nitrogens with zero attached hydrogens (tertiary/aromatic N) is 5. The average molecular weight is 524 g/mol. The van der Waals surface area contributed by atoms with Gasteiger partial charge < -0.3 is 19.7 Å². The van der Waals surface area contributed by atoms with E-state index < -0.39 is 0 Å². The zero-order valence-electron chi connectivity index (χ0n) is 20.7. The lowest BCUT2D eigenvalue weighted by Crippen LogP contribution is -2.45. The summed E-state index contributed by atoms with van der Waals surface area (Å²) in [6.07, 6.45) is 4.57. The molecule has 0 radical (unpaired) electrons. The molecule has 6 rings (SSSR count). The number of nitrogens with one attached hydrogen (secondary N) is 1. The molecule has 1 aromatic heterocycles. The van der Waals surface area contributed by atoms with Gasteiger partial charge in [0.25, 0.3) is 0 Å².